The Morgan fingerprint density at radius 2 is 1.87 bits per heavy atom. The minimum atomic E-state index is -0.0822. The van der Waals surface area contributed by atoms with E-state index in [1.54, 1.807) is 24.3 Å². The highest BCUT2D eigenvalue weighted by Gasteiger charge is 2.15. The summed E-state index contributed by atoms with van der Waals surface area (Å²) >= 11 is 10.6. The van der Waals surface area contributed by atoms with Crippen LogP contribution < -0.4 is 0 Å². The summed E-state index contributed by atoms with van der Waals surface area (Å²) in [4.78, 5) is 12.2. The Bertz CT molecular complexity index is 853. The third kappa shape index (κ3) is 3.83. The predicted molar refractivity (Wildman–Crippen MR) is 93.9 cm³/mol. The van der Waals surface area contributed by atoms with Crippen molar-refractivity contribution in [1.82, 2.24) is 10.2 Å². The molecule has 0 saturated carbocycles. The van der Waals surface area contributed by atoms with Crippen LogP contribution in [0.2, 0.25) is 5.02 Å². The Morgan fingerprint density at radius 1 is 1.13 bits per heavy atom. The maximum atomic E-state index is 12.2. The van der Waals surface area contributed by atoms with Gasteiger partial charge in [-0.05, 0) is 40.2 Å². The van der Waals surface area contributed by atoms with Crippen molar-refractivity contribution >= 4 is 45.1 Å². The number of ketones is 1. The molecule has 116 valence electrons. The highest BCUT2D eigenvalue weighted by atomic mass is 79.9. The maximum absolute atomic E-state index is 12.2. The van der Waals surface area contributed by atoms with E-state index in [0.717, 1.165) is 10.0 Å². The summed E-state index contributed by atoms with van der Waals surface area (Å²) in [5.41, 5.74) is 1.30. The summed E-state index contributed by atoms with van der Waals surface area (Å²) in [6, 6.07) is 14.5. The Morgan fingerprint density at radius 3 is 2.65 bits per heavy atom. The van der Waals surface area contributed by atoms with E-state index in [4.69, 9.17) is 16.0 Å². The van der Waals surface area contributed by atoms with E-state index in [1.165, 1.54) is 11.8 Å². The van der Waals surface area contributed by atoms with Crippen LogP contribution in [0.5, 0.6) is 0 Å². The number of hydrogen-bond donors (Lipinski definition) is 0. The fraction of sp³-hybridized carbons (Fsp3) is 0.0625. The molecule has 1 heterocycles. The third-order valence-corrected chi connectivity index (χ3v) is 4.85. The lowest BCUT2D eigenvalue weighted by Gasteiger charge is -2.01. The second-order valence-corrected chi connectivity index (χ2v) is 6.73. The average Bonchev–Trinajstić information content (AvgIpc) is 3.02. The number of nitrogens with zero attached hydrogens (tertiary/aromatic N) is 2. The minimum Gasteiger partial charge on any atom is -0.411 e. The van der Waals surface area contributed by atoms with Gasteiger partial charge < -0.3 is 4.42 Å². The Kier molecular flexibility index (Phi) is 5.15. The summed E-state index contributed by atoms with van der Waals surface area (Å²) < 4.78 is 6.46. The molecule has 0 aliphatic carbocycles. The summed E-state index contributed by atoms with van der Waals surface area (Å²) in [5.74, 6) is 0.507. The van der Waals surface area contributed by atoms with Gasteiger partial charge in [0.05, 0.1) is 16.3 Å². The molecular formula is C16H10BrClN2O2S. The van der Waals surface area contributed by atoms with Crippen molar-refractivity contribution in [1.29, 1.82) is 0 Å². The number of benzene rings is 2. The standard InChI is InChI=1S/C16H10BrClN2O2S/c17-12-7-3-1-5-10(12)15-19-20-16(22-15)23-9-14(21)11-6-2-4-8-13(11)18/h1-8H,9H2. The number of Topliss-reactive ketones (excluding diaryl/α,β-unsaturated/α-hetero) is 1. The van der Waals surface area contributed by atoms with E-state index in [0.29, 0.717) is 21.7 Å². The highest BCUT2D eigenvalue weighted by Crippen LogP contribution is 2.29. The number of thioether (sulfide) groups is 1. The molecule has 0 spiro atoms. The van der Waals surface area contributed by atoms with Crippen molar-refractivity contribution < 1.29 is 9.21 Å². The van der Waals surface area contributed by atoms with Crippen LogP contribution in [-0.4, -0.2) is 21.7 Å². The molecule has 2 aromatic carbocycles. The first-order valence-corrected chi connectivity index (χ1v) is 8.80. The van der Waals surface area contributed by atoms with E-state index in [2.05, 4.69) is 26.1 Å². The lowest BCUT2D eigenvalue weighted by Crippen LogP contribution is -2.02. The van der Waals surface area contributed by atoms with Crippen LogP contribution in [0.4, 0.5) is 0 Å². The molecule has 4 nitrogen and oxygen atoms in total. The number of carbonyl (C=O) groups is 1. The van der Waals surface area contributed by atoms with Crippen LogP contribution >= 0.6 is 39.3 Å². The Balaban J connectivity index is 1.70. The molecule has 0 radical (unpaired) electrons. The molecule has 0 aliphatic heterocycles. The summed E-state index contributed by atoms with van der Waals surface area (Å²) in [6.45, 7) is 0. The molecule has 0 saturated heterocycles. The smallest absolute Gasteiger partial charge is 0.277 e. The van der Waals surface area contributed by atoms with Gasteiger partial charge in [0.25, 0.3) is 5.22 Å². The Hall–Kier alpha value is -1.63. The molecule has 1 aromatic heterocycles. The van der Waals surface area contributed by atoms with E-state index in [1.807, 2.05) is 24.3 Å². The lowest BCUT2D eigenvalue weighted by molar-refractivity contribution is 0.102. The van der Waals surface area contributed by atoms with Gasteiger partial charge in [-0.15, -0.1) is 10.2 Å². The van der Waals surface area contributed by atoms with Crippen molar-refractivity contribution in [2.75, 3.05) is 5.75 Å². The largest absolute Gasteiger partial charge is 0.411 e. The molecule has 3 rings (SSSR count). The monoisotopic (exact) mass is 408 g/mol. The molecule has 0 aliphatic rings. The zero-order chi connectivity index (χ0) is 16.2. The van der Waals surface area contributed by atoms with Crippen LogP contribution in [0, 0.1) is 0 Å². The van der Waals surface area contributed by atoms with Crippen molar-refractivity contribution in [3.05, 3.63) is 63.6 Å². The van der Waals surface area contributed by atoms with Crippen molar-refractivity contribution in [2.45, 2.75) is 5.22 Å². The number of aromatic nitrogens is 2. The minimum absolute atomic E-state index is 0.0822. The fourth-order valence-corrected chi connectivity index (χ4v) is 3.25. The van der Waals surface area contributed by atoms with Gasteiger partial charge in [0.15, 0.2) is 5.78 Å². The summed E-state index contributed by atoms with van der Waals surface area (Å²) in [5, 5.41) is 8.76. The van der Waals surface area contributed by atoms with Gasteiger partial charge in [-0.25, -0.2) is 0 Å². The molecule has 0 unspecified atom stereocenters. The van der Waals surface area contributed by atoms with Gasteiger partial charge in [-0.3, -0.25) is 4.79 Å². The van der Waals surface area contributed by atoms with Gasteiger partial charge >= 0.3 is 0 Å². The fourth-order valence-electron chi connectivity index (χ4n) is 1.90. The van der Waals surface area contributed by atoms with Gasteiger partial charge in [-0.1, -0.05) is 47.6 Å². The highest BCUT2D eigenvalue weighted by molar-refractivity contribution is 9.10. The van der Waals surface area contributed by atoms with Gasteiger partial charge in [-0.2, -0.15) is 0 Å². The first kappa shape index (κ1) is 16.2. The normalized spacial score (nSPS) is 10.7. The van der Waals surface area contributed by atoms with E-state index in [9.17, 15) is 4.79 Å². The average molecular weight is 410 g/mol. The molecule has 0 atom stereocenters. The van der Waals surface area contributed by atoms with Gasteiger partial charge in [0.2, 0.25) is 5.89 Å². The number of rotatable bonds is 5. The van der Waals surface area contributed by atoms with Gasteiger partial charge in [0.1, 0.15) is 0 Å². The maximum Gasteiger partial charge on any atom is 0.277 e. The van der Waals surface area contributed by atoms with Crippen molar-refractivity contribution in [3.63, 3.8) is 0 Å². The molecule has 0 fully saturated rings. The van der Waals surface area contributed by atoms with Crippen LogP contribution in [-0.2, 0) is 0 Å². The number of carbonyl (C=O) groups excluding carboxylic acids is 1. The molecule has 23 heavy (non-hydrogen) atoms. The topological polar surface area (TPSA) is 56.0 Å². The molecule has 0 N–H and O–H groups in total. The zero-order valence-corrected chi connectivity index (χ0v) is 14.9. The summed E-state index contributed by atoms with van der Waals surface area (Å²) in [6.07, 6.45) is 0. The van der Waals surface area contributed by atoms with Crippen LogP contribution in [0.15, 0.2) is 62.6 Å². The van der Waals surface area contributed by atoms with Crippen molar-refractivity contribution in [3.8, 4) is 11.5 Å². The van der Waals surface area contributed by atoms with Crippen LogP contribution in [0.3, 0.4) is 0 Å². The van der Waals surface area contributed by atoms with Crippen LogP contribution in [0.25, 0.3) is 11.5 Å². The lowest BCUT2D eigenvalue weighted by atomic mass is 10.1. The molecule has 3 aromatic rings. The zero-order valence-electron chi connectivity index (χ0n) is 11.7. The molecule has 0 amide bonds. The van der Waals surface area contributed by atoms with E-state index < -0.39 is 0 Å². The quantitative estimate of drug-likeness (QED) is 0.432. The Labute approximate surface area is 150 Å². The molecule has 7 heteroatoms. The van der Waals surface area contributed by atoms with E-state index >= 15 is 0 Å². The van der Waals surface area contributed by atoms with Crippen LogP contribution in [0.1, 0.15) is 10.4 Å². The second kappa shape index (κ2) is 7.29. The first-order valence-electron chi connectivity index (χ1n) is 6.64. The SMILES string of the molecule is O=C(CSc1nnc(-c2ccccc2Br)o1)c1ccccc1Cl. The summed E-state index contributed by atoms with van der Waals surface area (Å²) in [7, 11) is 0. The first-order chi connectivity index (χ1) is 11.1. The number of hydrogen-bond acceptors (Lipinski definition) is 5. The van der Waals surface area contributed by atoms with Gasteiger partial charge in [0, 0.05) is 10.0 Å². The molecule has 0 bridgehead atoms. The molecular weight excluding hydrogens is 400 g/mol. The predicted octanol–water partition coefficient (Wildman–Crippen LogP) is 5.13. The second-order valence-electron chi connectivity index (χ2n) is 4.54. The van der Waals surface area contributed by atoms with E-state index in [-0.39, 0.29) is 11.5 Å². The third-order valence-electron chi connectivity index (χ3n) is 3.01. The van der Waals surface area contributed by atoms with Crippen molar-refractivity contribution in [2.24, 2.45) is 0 Å². The number of halogens is 2.